The molecule has 0 aliphatic heterocycles. The molecule has 19 heavy (non-hydrogen) atoms. The van der Waals surface area contributed by atoms with Gasteiger partial charge in [0, 0.05) is 6.92 Å². The molecule has 0 spiro atoms. The van der Waals surface area contributed by atoms with Gasteiger partial charge in [0.15, 0.2) is 0 Å². The molecule has 0 saturated carbocycles. The number of carbonyl (C=O) groups excluding carboxylic acids is 2. The van der Waals surface area contributed by atoms with Crippen LogP contribution in [0.15, 0.2) is 36.1 Å². The second-order valence-corrected chi connectivity index (χ2v) is 3.71. The van der Waals surface area contributed by atoms with E-state index in [0.29, 0.717) is 6.42 Å². The summed E-state index contributed by atoms with van der Waals surface area (Å²) in [5.41, 5.74) is 0.953. The fourth-order valence-electron chi connectivity index (χ4n) is 1.39. The molecule has 5 heteroatoms. The smallest absolute Gasteiger partial charge is 0.373 e. The third kappa shape index (κ3) is 4.83. The van der Waals surface area contributed by atoms with Crippen LogP contribution in [-0.2, 0) is 25.5 Å². The first-order valence-electron chi connectivity index (χ1n) is 5.66. The van der Waals surface area contributed by atoms with Crippen LogP contribution >= 0.6 is 0 Å². The zero-order valence-electron chi connectivity index (χ0n) is 11.1. The number of hydrogen-bond donors (Lipinski definition) is 0. The van der Waals surface area contributed by atoms with Crippen LogP contribution in [0.2, 0.25) is 0 Å². The highest BCUT2D eigenvalue weighted by atomic mass is 16.6. The van der Waals surface area contributed by atoms with Gasteiger partial charge in [-0.15, -0.1) is 0 Å². The fourth-order valence-corrected chi connectivity index (χ4v) is 1.39. The lowest BCUT2D eigenvalue weighted by atomic mass is 10.1. The van der Waals surface area contributed by atoms with E-state index in [1.54, 1.807) is 7.11 Å². The zero-order valence-corrected chi connectivity index (χ0v) is 11.1. The Hall–Kier alpha value is -2.30. The molecule has 0 bridgehead atoms. The number of carbonyl (C=O) groups is 2. The third-order valence-corrected chi connectivity index (χ3v) is 2.32. The molecule has 0 radical (unpaired) electrons. The van der Waals surface area contributed by atoms with E-state index in [1.807, 2.05) is 24.3 Å². The van der Waals surface area contributed by atoms with Gasteiger partial charge in [-0.2, -0.15) is 0 Å². The highest BCUT2D eigenvalue weighted by molar-refractivity contribution is 5.89. The van der Waals surface area contributed by atoms with Crippen molar-refractivity contribution in [1.82, 2.24) is 0 Å². The van der Waals surface area contributed by atoms with E-state index in [0.717, 1.165) is 11.3 Å². The molecule has 0 saturated heterocycles. The quantitative estimate of drug-likeness (QED) is 0.461. The van der Waals surface area contributed by atoms with Crippen LogP contribution in [0.3, 0.4) is 0 Å². The number of benzene rings is 1. The number of methoxy groups -OCH3 is 2. The average molecular weight is 264 g/mol. The Morgan fingerprint density at radius 3 is 2.26 bits per heavy atom. The normalized spacial score (nSPS) is 10.8. The molecular formula is C14H16O5. The van der Waals surface area contributed by atoms with Gasteiger partial charge >= 0.3 is 11.9 Å². The van der Waals surface area contributed by atoms with Crippen molar-refractivity contribution in [2.45, 2.75) is 13.3 Å². The molecule has 0 aliphatic rings. The summed E-state index contributed by atoms with van der Waals surface area (Å²) in [5, 5.41) is 0. The van der Waals surface area contributed by atoms with Gasteiger partial charge in [0.2, 0.25) is 5.76 Å². The minimum absolute atomic E-state index is 0.106. The van der Waals surface area contributed by atoms with Gasteiger partial charge in [0.1, 0.15) is 5.75 Å². The molecule has 0 fully saturated rings. The molecule has 1 aromatic rings. The first-order valence-corrected chi connectivity index (χ1v) is 5.66. The van der Waals surface area contributed by atoms with E-state index in [2.05, 4.69) is 4.74 Å². The Balaban J connectivity index is 2.78. The summed E-state index contributed by atoms with van der Waals surface area (Å²) in [7, 11) is 2.82. The van der Waals surface area contributed by atoms with Gasteiger partial charge in [0.25, 0.3) is 0 Å². The Morgan fingerprint density at radius 2 is 1.79 bits per heavy atom. The highest BCUT2D eigenvalue weighted by Gasteiger charge is 2.13. The van der Waals surface area contributed by atoms with Crippen molar-refractivity contribution >= 4 is 11.9 Å². The monoisotopic (exact) mass is 264 g/mol. The molecule has 1 rings (SSSR count). The van der Waals surface area contributed by atoms with Gasteiger partial charge in [-0.3, -0.25) is 4.79 Å². The van der Waals surface area contributed by atoms with Crippen LogP contribution in [0.4, 0.5) is 0 Å². The van der Waals surface area contributed by atoms with Crippen molar-refractivity contribution in [3.8, 4) is 5.75 Å². The van der Waals surface area contributed by atoms with Gasteiger partial charge < -0.3 is 14.2 Å². The summed E-state index contributed by atoms with van der Waals surface area (Å²) in [6, 6.07) is 7.34. The number of allylic oxidation sites excluding steroid dienone is 1. The first-order chi connectivity index (χ1) is 9.06. The van der Waals surface area contributed by atoms with Crippen LogP contribution in [0.5, 0.6) is 5.75 Å². The zero-order chi connectivity index (χ0) is 14.3. The van der Waals surface area contributed by atoms with E-state index >= 15 is 0 Å². The molecule has 0 atom stereocenters. The third-order valence-electron chi connectivity index (χ3n) is 2.32. The van der Waals surface area contributed by atoms with Gasteiger partial charge in [-0.05, 0) is 30.2 Å². The summed E-state index contributed by atoms with van der Waals surface area (Å²) >= 11 is 0. The molecule has 0 aromatic heterocycles. The van der Waals surface area contributed by atoms with Crippen LogP contribution < -0.4 is 4.74 Å². The minimum atomic E-state index is -0.677. The van der Waals surface area contributed by atoms with E-state index in [4.69, 9.17) is 9.47 Å². The van der Waals surface area contributed by atoms with Crippen LogP contribution in [-0.4, -0.2) is 26.2 Å². The molecule has 102 valence electrons. The second kappa shape index (κ2) is 7.20. The Bertz CT molecular complexity index is 473. The predicted octanol–water partition coefficient (Wildman–Crippen LogP) is 1.86. The highest BCUT2D eigenvalue weighted by Crippen LogP contribution is 2.13. The summed E-state index contributed by atoms with van der Waals surface area (Å²) in [5.74, 6) is -0.596. The van der Waals surface area contributed by atoms with E-state index < -0.39 is 11.9 Å². The van der Waals surface area contributed by atoms with Crippen molar-refractivity contribution in [1.29, 1.82) is 0 Å². The average Bonchev–Trinajstić information content (AvgIpc) is 2.42. The predicted molar refractivity (Wildman–Crippen MR) is 68.6 cm³/mol. The van der Waals surface area contributed by atoms with E-state index in [-0.39, 0.29) is 5.76 Å². The number of esters is 2. The molecule has 0 N–H and O–H groups in total. The summed E-state index contributed by atoms with van der Waals surface area (Å²) in [4.78, 5) is 22.3. The maximum absolute atomic E-state index is 11.4. The standard InChI is InChI=1S/C14H16O5/c1-10(15)19-13(14(16)18-3)9-6-11-4-7-12(17-2)8-5-11/h4-5,7-9H,6H2,1-3H3. The van der Waals surface area contributed by atoms with Crippen molar-refractivity contribution < 1.29 is 23.8 Å². The summed E-state index contributed by atoms with van der Waals surface area (Å²) in [6.45, 7) is 1.23. The summed E-state index contributed by atoms with van der Waals surface area (Å²) in [6.07, 6.45) is 1.96. The largest absolute Gasteiger partial charge is 0.497 e. The van der Waals surface area contributed by atoms with E-state index in [1.165, 1.54) is 20.1 Å². The number of hydrogen-bond acceptors (Lipinski definition) is 5. The Morgan fingerprint density at radius 1 is 1.16 bits per heavy atom. The van der Waals surface area contributed by atoms with Crippen LogP contribution in [0.1, 0.15) is 12.5 Å². The van der Waals surface area contributed by atoms with Crippen molar-refractivity contribution in [3.63, 3.8) is 0 Å². The molecule has 0 heterocycles. The van der Waals surface area contributed by atoms with Gasteiger partial charge in [-0.25, -0.2) is 4.79 Å². The van der Waals surface area contributed by atoms with E-state index in [9.17, 15) is 9.59 Å². The minimum Gasteiger partial charge on any atom is -0.497 e. The molecule has 1 aromatic carbocycles. The molecule has 0 unspecified atom stereocenters. The Labute approximate surface area is 111 Å². The van der Waals surface area contributed by atoms with Gasteiger partial charge in [-0.1, -0.05) is 12.1 Å². The first kappa shape index (κ1) is 14.8. The molecule has 5 nitrogen and oxygen atoms in total. The van der Waals surface area contributed by atoms with Crippen LogP contribution in [0, 0.1) is 0 Å². The fraction of sp³-hybridized carbons (Fsp3) is 0.286. The SMILES string of the molecule is COC(=O)C(=CCc1ccc(OC)cc1)OC(C)=O. The topological polar surface area (TPSA) is 61.8 Å². The second-order valence-electron chi connectivity index (χ2n) is 3.71. The maximum atomic E-state index is 11.4. The molecule has 0 amide bonds. The number of ether oxygens (including phenoxy) is 3. The number of rotatable bonds is 5. The maximum Gasteiger partial charge on any atom is 0.373 e. The lowest BCUT2D eigenvalue weighted by molar-refractivity contribution is -0.148. The van der Waals surface area contributed by atoms with Crippen molar-refractivity contribution in [3.05, 3.63) is 41.7 Å². The molecular weight excluding hydrogens is 248 g/mol. The lowest BCUT2D eigenvalue weighted by Crippen LogP contribution is -2.11. The van der Waals surface area contributed by atoms with Gasteiger partial charge in [0.05, 0.1) is 14.2 Å². The summed E-state index contributed by atoms with van der Waals surface area (Å²) < 4.78 is 14.4. The Kier molecular flexibility index (Phi) is 5.60. The lowest BCUT2D eigenvalue weighted by Gasteiger charge is -2.05. The van der Waals surface area contributed by atoms with Crippen molar-refractivity contribution in [2.75, 3.05) is 14.2 Å². The van der Waals surface area contributed by atoms with Crippen molar-refractivity contribution in [2.24, 2.45) is 0 Å². The molecule has 0 aliphatic carbocycles. The van der Waals surface area contributed by atoms with Crippen LogP contribution in [0.25, 0.3) is 0 Å².